The molecule has 102 valence electrons. The van der Waals surface area contributed by atoms with E-state index in [9.17, 15) is 14.9 Å². The molecule has 0 aliphatic carbocycles. The number of nitrogens with zero attached hydrogens (tertiary/aromatic N) is 1. The molecule has 0 spiro atoms. The summed E-state index contributed by atoms with van der Waals surface area (Å²) in [5.41, 5.74) is 0.417. The van der Waals surface area contributed by atoms with Crippen LogP contribution in [0.4, 0.5) is 5.69 Å². The first-order valence-electron chi connectivity index (χ1n) is 5.74. The number of benzene rings is 2. The number of para-hydroxylation sites is 1. The largest absolute Gasteiger partial charge is 0.477 e. The number of nitro groups is 1. The molecule has 2 aromatic carbocycles. The second-order valence-corrected chi connectivity index (χ2v) is 5.25. The molecule has 0 aliphatic rings. The molecule has 0 saturated carbocycles. The maximum Gasteiger partial charge on any atom is 0.342 e. The third kappa shape index (κ3) is 2.97. The van der Waals surface area contributed by atoms with E-state index in [1.165, 1.54) is 23.9 Å². The minimum absolute atomic E-state index is 0.299. The Balaban J connectivity index is 2.46. The first-order valence-corrected chi connectivity index (χ1v) is 6.56. The smallest absolute Gasteiger partial charge is 0.342 e. The van der Waals surface area contributed by atoms with Gasteiger partial charge >= 0.3 is 5.97 Å². The van der Waals surface area contributed by atoms with Crippen molar-refractivity contribution in [2.75, 3.05) is 0 Å². The lowest BCUT2D eigenvalue weighted by Gasteiger charge is -2.05. The van der Waals surface area contributed by atoms with Gasteiger partial charge in [-0.05, 0) is 31.2 Å². The van der Waals surface area contributed by atoms with Crippen LogP contribution in [0.5, 0.6) is 0 Å². The Labute approximate surface area is 119 Å². The van der Waals surface area contributed by atoms with Crippen LogP contribution in [0.1, 0.15) is 15.9 Å². The van der Waals surface area contributed by atoms with Gasteiger partial charge in [0.1, 0.15) is 5.56 Å². The molecule has 0 radical (unpaired) electrons. The van der Waals surface area contributed by atoms with Crippen LogP contribution in [0, 0.1) is 17.0 Å². The molecule has 1 N–H and O–H groups in total. The summed E-state index contributed by atoms with van der Waals surface area (Å²) in [6.45, 7) is 1.95. The van der Waals surface area contributed by atoms with Gasteiger partial charge in [-0.15, -0.1) is 0 Å². The van der Waals surface area contributed by atoms with Gasteiger partial charge in [0, 0.05) is 4.90 Å². The quantitative estimate of drug-likeness (QED) is 0.684. The van der Waals surface area contributed by atoms with Crippen molar-refractivity contribution in [1.29, 1.82) is 0 Å². The third-order valence-corrected chi connectivity index (χ3v) is 3.72. The van der Waals surface area contributed by atoms with E-state index in [0.717, 1.165) is 10.5 Å². The molecule has 0 aliphatic heterocycles. The Morgan fingerprint density at radius 3 is 2.40 bits per heavy atom. The highest BCUT2D eigenvalue weighted by molar-refractivity contribution is 7.99. The van der Waals surface area contributed by atoms with Gasteiger partial charge in [0.25, 0.3) is 5.69 Å². The molecule has 2 rings (SSSR count). The van der Waals surface area contributed by atoms with E-state index in [-0.39, 0.29) is 11.3 Å². The number of aromatic carboxylic acids is 1. The number of carboxylic acids is 1. The maximum absolute atomic E-state index is 11.1. The van der Waals surface area contributed by atoms with Crippen molar-refractivity contribution in [2.24, 2.45) is 0 Å². The minimum Gasteiger partial charge on any atom is -0.477 e. The van der Waals surface area contributed by atoms with Gasteiger partial charge in [0.05, 0.1) is 9.82 Å². The number of hydrogen-bond donors (Lipinski definition) is 1. The fourth-order valence-electron chi connectivity index (χ4n) is 1.70. The lowest BCUT2D eigenvalue weighted by atomic mass is 10.2. The van der Waals surface area contributed by atoms with Crippen molar-refractivity contribution in [3.8, 4) is 0 Å². The van der Waals surface area contributed by atoms with E-state index < -0.39 is 10.9 Å². The van der Waals surface area contributed by atoms with Gasteiger partial charge in [0.15, 0.2) is 0 Å². The SMILES string of the molecule is Cc1ccc(Sc2cccc(C(=O)O)c2[N+](=O)[O-])cc1. The van der Waals surface area contributed by atoms with Crippen LogP contribution in [-0.2, 0) is 0 Å². The number of carbonyl (C=O) groups is 1. The highest BCUT2D eigenvalue weighted by Gasteiger charge is 2.24. The summed E-state index contributed by atoms with van der Waals surface area (Å²) in [5, 5.41) is 20.1. The van der Waals surface area contributed by atoms with Crippen LogP contribution in [0.15, 0.2) is 52.3 Å². The molecule has 2 aromatic rings. The Morgan fingerprint density at radius 2 is 1.85 bits per heavy atom. The van der Waals surface area contributed by atoms with E-state index in [1.54, 1.807) is 6.07 Å². The molecule has 6 heteroatoms. The highest BCUT2D eigenvalue weighted by atomic mass is 32.2. The second-order valence-electron chi connectivity index (χ2n) is 4.13. The standard InChI is InChI=1S/C14H11NO4S/c1-9-5-7-10(8-6-9)20-12-4-2-3-11(14(16)17)13(12)15(18)19/h2-8H,1H3,(H,16,17). The Hall–Kier alpha value is -2.34. The summed E-state index contributed by atoms with van der Waals surface area (Å²) in [6, 6.07) is 11.8. The van der Waals surface area contributed by atoms with E-state index >= 15 is 0 Å². The van der Waals surface area contributed by atoms with E-state index in [4.69, 9.17) is 5.11 Å². The zero-order valence-electron chi connectivity index (χ0n) is 10.6. The van der Waals surface area contributed by atoms with Crippen molar-refractivity contribution in [3.63, 3.8) is 0 Å². The zero-order valence-corrected chi connectivity index (χ0v) is 11.4. The zero-order chi connectivity index (χ0) is 14.7. The molecule has 0 heterocycles. The van der Waals surface area contributed by atoms with Crippen LogP contribution in [0.25, 0.3) is 0 Å². The number of carboxylic acid groups (broad SMARTS) is 1. The average molecular weight is 289 g/mol. The van der Waals surface area contributed by atoms with Gasteiger partial charge in [-0.3, -0.25) is 10.1 Å². The first kappa shape index (κ1) is 14.1. The molecule has 20 heavy (non-hydrogen) atoms. The second kappa shape index (κ2) is 5.75. The molecule has 0 unspecified atom stereocenters. The summed E-state index contributed by atoms with van der Waals surface area (Å²) >= 11 is 1.18. The predicted molar refractivity (Wildman–Crippen MR) is 75.4 cm³/mol. The fourth-order valence-corrected chi connectivity index (χ4v) is 2.65. The monoisotopic (exact) mass is 289 g/mol. The topological polar surface area (TPSA) is 80.4 Å². The normalized spacial score (nSPS) is 10.2. The Morgan fingerprint density at radius 1 is 1.20 bits per heavy atom. The molecule has 0 aromatic heterocycles. The molecule has 0 fully saturated rings. The molecule has 0 amide bonds. The van der Waals surface area contributed by atoms with E-state index in [1.807, 2.05) is 31.2 Å². The van der Waals surface area contributed by atoms with Crippen molar-refractivity contribution in [3.05, 3.63) is 63.7 Å². The average Bonchev–Trinajstić information content (AvgIpc) is 2.40. The van der Waals surface area contributed by atoms with Crippen molar-refractivity contribution < 1.29 is 14.8 Å². The highest BCUT2D eigenvalue weighted by Crippen LogP contribution is 2.36. The van der Waals surface area contributed by atoms with Crippen LogP contribution < -0.4 is 0 Å². The molecule has 5 nitrogen and oxygen atoms in total. The van der Waals surface area contributed by atoms with E-state index in [2.05, 4.69) is 0 Å². The lowest BCUT2D eigenvalue weighted by molar-refractivity contribution is -0.388. The van der Waals surface area contributed by atoms with Crippen LogP contribution in [0.3, 0.4) is 0 Å². The van der Waals surface area contributed by atoms with Crippen LogP contribution in [0.2, 0.25) is 0 Å². The van der Waals surface area contributed by atoms with Crippen LogP contribution in [-0.4, -0.2) is 16.0 Å². The summed E-state index contributed by atoms with van der Waals surface area (Å²) < 4.78 is 0. The first-order chi connectivity index (χ1) is 9.49. The lowest BCUT2D eigenvalue weighted by Crippen LogP contribution is -2.03. The molecular formula is C14H11NO4S. The van der Waals surface area contributed by atoms with E-state index in [0.29, 0.717) is 4.90 Å². The van der Waals surface area contributed by atoms with Gasteiger partial charge in [-0.2, -0.15) is 0 Å². The van der Waals surface area contributed by atoms with Crippen molar-refractivity contribution in [2.45, 2.75) is 16.7 Å². The molecule has 0 bridgehead atoms. The van der Waals surface area contributed by atoms with Gasteiger partial charge in [-0.25, -0.2) is 4.79 Å². The fraction of sp³-hybridized carbons (Fsp3) is 0.0714. The maximum atomic E-state index is 11.1. The summed E-state index contributed by atoms with van der Waals surface area (Å²) in [4.78, 5) is 22.7. The van der Waals surface area contributed by atoms with Gasteiger partial charge < -0.3 is 5.11 Å². The number of rotatable bonds is 4. The molecule has 0 saturated heterocycles. The predicted octanol–water partition coefficient (Wildman–Crippen LogP) is 3.75. The molecule has 0 atom stereocenters. The summed E-state index contributed by atoms with van der Waals surface area (Å²) in [6.07, 6.45) is 0. The Kier molecular flexibility index (Phi) is 4.05. The minimum atomic E-state index is -1.30. The number of hydrogen-bond acceptors (Lipinski definition) is 4. The third-order valence-electron chi connectivity index (χ3n) is 2.66. The van der Waals surface area contributed by atoms with Gasteiger partial charge in [-0.1, -0.05) is 35.5 Å². The number of aryl methyl sites for hydroxylation is 1. The Bertz CT molecular complexity index is 667. The van der Waals surface area contributed by atoms with Crippen LogP contribution >= 0.6 is 11.8 Å². The summed E-state index contributed by atoms with van der Waals surface area (Å²) in [5.74, 6) is -1.30. The van der Waals surface area contributed by atoms with Gasteiger partial charge in [0.2, 0.25) is 0 Å². The van der Waals surface area contributed by atoms with Crippen molar-refractivity contribution in [1.82, 2.24) is 0 Å². The molecular weight excluding hydrogens is 278 g/mol. The van der Waals surface area contributed by atoms with Crippen molar-refractivity contribution >= 4 is 23.4 Å². The summed E-state index contributed by atoms with van der Waals surface area (Å²) in [7, 11) is 0. The number of nitro benzene ring substituents is 1.